The molecule has 0 atom stereocenters. The second-order valence-electron chi connectivity index (χ2n) is 10.5. The zero-order chi connectivity index (χ0) is 31.6. The van der Waals surface area contributed by atoms with Gasteiger partial charge < -0.3 is 9.97 Å². The van der Waals surface area contributed by atoms with E-state index in [4.69, 9.17) is 9.97 Å². The summed E-state index contributed by atoms with van der Waals surface area (Å²) in [5, 5.41) is 22.4. The van der Waals surface area contributed by atoms with Crippen LogP contribution < -0.4 is 0 Å². The molecule has 7 aromatic rings. The lowest BCUT2D eigenvalue weighted by molar-refractivity contribution is -0.385. The fourth-order valence-electron chi connectivity index (χ4n) is 5.33. The van der Waals surface area contributed by atoms with Crippen LogP contribution in [-0.2, 0) is 0 Å². The van der Waals surface area contributed by atoms with Crippen LogP contribution in [0.4, 0.5) is 11.4 Å². The number of benzene rings is 5. The van der Waals surface area contributed by atoms with Crippen LogP contribution in [0.5, 0.6) is 0 Å². The Morgan fingerprint density at radius 2 is 0.739 bits per heavy atom. The van der Waals surface area contributed by atoms with Gasteiger partial charge in [0.05, 0.1) is 32.6 Å². The van der Waals surface area contributed by atoms with Crippen molar-refractivity contribution < 1.29 is 9.85 Å². The summed E-state index contributed by atoms with van der Waals surface area (Å²) in [6.45, 7) is 0. The number of rotatable bonds is 8. The third-order valence-electron chi connectivity index (χ3n) is 7.67. The van der Waals surface area contributed by atoms with Gasteiger partial charge in [-0.3, -0.25) is 20.2 Å². The van der Waals surface area contributed by atoms with Gasteiger partial charge in [-0.15, -0.1) is 0 Å². The SMILES string of the molecule is O=[N+]([O-])c1ccc(-c2nc(-c3ccc(-c4nc(-c5ccc([N+](=O)[O-])cc5)c(-c5ccccc5)[nH]4)cc3)[nH]c2-c2ccccc2)cc1. The molecule has 0 aliphatic carbocycles. The molecule has 0 spiro atoms. The van der Waals surface area contributed by atoms with Crippen LogP contribution in [0.15, 0.2) is 133 Å². The zero-order valence-corrected chi connectivity index (χ0v) is 24.1. The van der Waals surface area contributed by atoms with Crippen molar-refractivity contribution in [1.29, 1.82) is 0 Å². The predicted octanol–water partition coefficient (Wildman–Crippen LogP) is 8.95. The summed E-state index contributed by atoms with van der Waals surface area (Å²) in [5.74, 6) is 1.30. The smallest absolute Gasteiger partial charge is 0.269 e. The molecule has 222 valence electrons. The van der Waals surface area contributed by atoms with Crippen LogP contribution in [0.3, 0.4) is 0 Å². The van der Waals surface area contributed by atoms with E-state index in [1.807, 2.05) is 84.9 Å². The number of nitrogens with zero attached hydrogens (tertiary/aromatic N) is 4. The number of non-ortho nitro benzene ring substituents is 2. The fraction of sp³-hybridized carbons (Fsp3) is 0. The van der Waals surface area contributed by atoms with E-state index in [1.165, 1.54) is 24.3 Å². The summed E-state index contributed by atoms with van der Waals surface area (Å²) >= 11 is 0. The van der Waals surface area contributed by atoms with Crippen molar-refractivity contribution in [3.8, 4) is 67.8 Å². The molecule has 0 unspecified atom stereocenters. The molecular formula is C36H24N6O4. The first-order valence-corrected chi connectivity index (χ1v) is 14.4. The molecule has 0 aliphatic rings. The number of nitro groups is 2. The molecule has 0 fully saturated rings. The van der Waals surface area contributed by atoms with E-state index in [2.05, 4.69) is 9.97 Å². The summed E-state index contributed by atoms with van der Waals surface area (Å²) in [7, 11) is 0. The minimum atomic E-state index is -0.421. The van der Waals surface area contributed by atoms with Gasteiger partial charge in [0, 0.05) is 57.6 Å². The van der Waals surface area contributed by atoms with E-state index >= 15 is 0 Å². The number of aromatic amines is 2. The molecular weight excluding hydrogens is 580 g/mol. The number of nitro benzene ring substituents is 2. The number of hydrogen-bond acceptors (Lipinski definition) is 6. The maximum atomic E-state index is 11.2. The number of imidazole rings is 2. The zero-order valence-electron chi connectivity index (χ0n) is 24.1. The van der Waals surface area contributed by atoms with Crippen molar-refractivity contribution in [2.75, 3.05) is 0 Å². The molecule has 46 heavy (non-hydrogen) atoms. The molecule has 10 heteroatoms. The average molecular weight is 605 g/mol. The Kier molecular flexibility index (Phi) is 7.20. The molecule has 7 rings (SSSR count). The molecule has 0 saturated carbocycles. The lowest BCUT2D eigenvalue weighted by Crippen LogP contribution is -1.88. The van der Waals surface area contributed by atoms with E-state index in [1.54, 1.807) is 24.3 Å². The standard InChI is InChI=1S/C36H24N6O4/c43-41(44)29-19-15-25(16-20-29)33-31(23-7-3-1-4-8-23)37-35(39-33)27-11-13-28(14-12-27)36-38-32(24-9-5-2-6-10-24)34(40-36)26-17-21-30(22-18-26)42(45)46/h1-22H,(H,37,39)(H,38,40). The van der Waals surface area contributed by atoms with Gasteiger partial charge in [-0.25, -0.2) is 9.97 Å². The quantitative estimate of drug-likeness (QED) is 0.131. The van der Waals surface area contributed by atoms with Crippen molar-refractivity contribution in [3.63, 3.8) is 0 Å². The highest BCUT2D eigenvalue weighted by molar-refractivity contribution is 5.83. The highest BCUT2D eigenvalue weighted by atomic mass is 16.6. The minimum Gasteiger partial charge on any atom is -0.337 e. The Bertz CT molecular complexity index is 2010. The third-order valence-corrected chi connectivity index (χ3v) is 7.67. The summed E-state index contributed by atoms with van der Waals surface area (Å²) < 4.78 is 0. The topological polar surface area (TPSA) is 144 Å². The summed E-state index contributed by atoms with van der Waals surface area (Å²) in [5.41, 5.74) is 8.10. The van der Waals surface area contributed by atoms with Crippen molar-refractivity contribution in [2.24, 2.45) is 0 Å². The Morgan fingerprint density at radius 3 is 1.07 bits per heavy atom. The van der Waals surface area contributed by atoms with E-state index in [0.29, 0.717) is 23.0 Å². The third kappa shape index (κ3) is 5.42. The van der Waals surface area contributed by atoms with Gasteiger partial charge in [0.15, 0.2) is 0 Å². The first-order chi connectivity index (χ1) is 22.4. The Labute approximate surface area is 262 Å². The van der Waals surface area contributed by atoms with Gasteiger partial charge in [0.25, 0.3) is 11.4 Å². The summed E-state index contributed by atoms with van der Waals surface area (Å²) in [4.78, 5) is 38.4. The normalized spacial score (nSPS) is 11.0. The minimum absolute atomic E-state index is 0.0152. The summed E-state index contributed by atoms with van der Waals surface area (Å²) in [6, 6.07) is 40.2. The van der Waals surface area contributed by atoms with E-state index in [-0.39, 0.29) is 11.4 Å². The van der Waals surface area contributed by atoms with E-state index < -0.39 is 9.85 Å². The van der Waals surface area contributed by atoms with Crippen LogP contribution in [-0.4, -0.2) is 29.8 Å². The van der Waals surface area contributed by atoms with E-state index in [9.17, 15) is 20.2 Å². The van der Waals surface area contributed by atoms with Crippen LogP contribution in [0.2, 0.25) is 0 Å². The molecule has 0 aliphatic heterocycles. The Balaban J connectivity index is 1.26. The Hall–Kier alpha value is -6.68. The number of nitrogens with one attached hydrogen (secondary N) is 2. The maximum Gasteiger partial charge on any atom is 0.269 e. The van der Waals surface area contributed by atoms with Crippen LogP contribution >= 0.6 is 0 Å². The van der Waals surface area contributed by atoms with Gasteiger partial charge in [0.2, 0.25) is 0 Å². The largest absolute Gasteiger partial charge is 0.337 e. The Morgan fingerprint density at radius 1 is 0.413 bits per heavy atom. The molecule has 5 aromatic carbocycles. The monoisotopic (exact) mass is 604 g/mol. The lowest BCUT2D eigenvalue weighted by Gasteiger charge is -2.03. The van der Waals surface area contributed by atoms with Crippen molar-refractivity contribution in [1.82, 2.24) is 19.9 Å². The fourth-order valence-corrected chi connectivity index (χ4v) is 5.33. The van der Waals surface area contributed by atoms with Crippen molar-refractivity contribution in [2.45, 2.75) is 0 Å². The number of aromatic nitrogens is 4. The maximum absolute atomic E-state index is 11.2. The van der Waals surface area contributed by atoms with Crippen molar-refractivity contribution >= 4 is 11.4 Å². The second-order valence-corrected chi connectivity index (χ2v) is 10.5. The number of H-pyrrole nitrogens is 2. The summed E-state index contributed by atoms with van der Waals surface area (Å²) in [6.07, 6.45) is 0. The lowest BCUT2D eigenvalue weighted by atomic mass is 10.0. The molecule has 0 radical (unpaired) electrons. The highest BCUT2D eigenvalue weighted by Gasteiger charge is 2.19. The molecule has 0 bridgehead atoms. The second kappa shape index (κ2) is 11.8. The molecule has 2 heterocycles. The van der Waals surface area contributed by atoms with Gasteiger partial charge in [-0.1, -0.05) is 84.9 Å². The molecule has 0 saturated heterocycles. The van der Waals surface area contributed by atoms with Gasteiger partial charge in [-0.2, -0.15) is 0 Å². The van der Waals surface area contributed by atoms with Crippen LogP contribution in [0.1, 0.15) is 0 Å². The van der Waals surface area contributed by atoms with Crippen LogP contribution in [0.25, 0.3) is 67.8 Å². The predicted molar refractivity (Wildman–Crippen MR) is 177 cm³/mol. The molecule has 0 amide bonds. The number of hydrogen-bond donors (Lipinski definition) is 2. The van der Waals surface area contributed by atoms with Crippen LogP contribution in [0, 0.1) is 20.2 Å². The first-order valence-electron chi connectivity index (χ1n) is 14.4. The van der Waals surface area contributed by atoms with Gasteiger partial charge in [0.1, 0.15) is 11.6 Å². The first kappa shape index (κ1) is 28.1. The average Bonchev–Trinajstić information content (AvgIpc) is 3.76. The molecule has 2 aromatic heterocycles. The molecule has 2 N–H and O–H groups in total. The van der Waals surface area contributed by atoms with E-state index in [0.717, 1.165) is 44.8 Å². The molecule has 10 nitrogen and oxygen atoms in total. The van der Waals surface area contributed by atoms with Gasteiger partial charge in [-0.05, 0) is 24.3 Å². The van der Waals surface area contributed by atoms with Crippen molar-refractivity contribution in [3.05, 3.63) is 154 Å². The van der Waals surface area contributed by atoms with Gasteiger partial charge >= 0.3 is 0 Å². The highest BCUT2D eigenvalue weighted by Crippen LogP contribution is 2.36.